The molecule has 1 aromatic heterocycles. The fourth-order valence-electron chi connectivity index (χ4n) is 3.30. The van der Waals surface area contributed by atoms with Crippen molar-refractivity contribution in [3.63, 3.8) is 0 Å². The molecule has 2 heterocycles. The molecule has 1 fully saturated rings. The molecule has 1 aliphatic heterocycles. The molecular weight excluding hydrogens is 278 g/mol. The van der Waals surface area contributed by atoms with Crippen molar-refractivity contribution in [1.29, 1.82) is 0 Å². The molecule has 0 unspecified atom stereocenters. The molecule has 2 aromatic rings. The minimum absolute atomic E-state index is 0.243. The summed E-state index contributed by atoms with van der Waals surface area (Å²) in [7, 11) is 0. The highest BCUT2D eigenvalue weighted by molar-refractivity contribution is 5.81. The Morgan fingerprint density at radius 2 is 2.05 bits per heavy atom. The minimum atomic E-state index is -0.290. The lowest BCUT2D eigenvalue weighted by Crippen LogP contribution is -2.36. The Bertz CT molecular complexity index is 735. The number of aliphatic hydroxyl groups excluding tert-OH is 1. The number of piperidine rings is 1. The van der Waals surface area contributed by atoms with Gasteiger partial charge in [-0.2, -0.15) is 0 Å². The third-order valence-corrected chi connectivity index (χ3v) is 4.70. The molecule has 4 heteroatoms. The van der Waals surface area contributed by atoms with Crippen LogP contribution in [0.25, 0.3) is 11.0 Å². The van der Waals surface area contributed by atoms with Crippen LogP contribution in [0.2, 0.25) is 0 Å². The van der Waals surface area contributed by atoms with E-state index in [2.05, 4.69) is 17.9 Å². The number of benzene rings is 1. The average Bonchev–Trinajstić information content (AvgIpc) is 2.49. The van der Waals surface area contributed by atoms with Gasteiger partial charge in [-0.05, 0) is 68.0 Å². The summed E-state index contributed by atoms with van der Waals surface area (Å²) in [6.45, 7) is 6.99. The molecule has 3 rings (SSSR count). The fourth-order valence-corrected chi connectivity index (χ4v) is 3.30. The largest absolute Gasteiger partial charge is 0.423 e. The van der Waals surface area contributed by atoms with Gasteiger partial charge in [0.1, 0.15) is 5.58 Å². The second-order valence-electron chi connectivity index (χ2n) is 6.45. The molecule has 1 N–H and O–H groups in total. The second kappa shape index (κ2) is 6.23. The highest BCUT2D eigenvalue weighted by Crippen LogP contribution is 2.24. The number of likely N-dealkylation sites (tertiary alicyclic amines) is 1. The number of fused-ring (bicyclic) bond motifs is 1. The van der Waals surface area contributed by atoms with Crippen LogP contribution < -0.4 is 5.63 Å². The molecule has 1 saturated heterocycles. The van der Waals surface area contributed by atoms with E-state index in [0.29, 0.717) is 11.5 Å². The number of nitrogens with zero attached hydrogens (tertiary/aromatic N) is 1. The van der Waals surface area contributed by atoms with E-state index in [0.717, 1.165) is 49.0 Å². The van der Waals surface area contributed by atoms with Crippen molar-refractivity contribution in [3.05, 3.63) is 45.3 Å². The second-order valence-corrected chi connectivity index (χ2v) is 6.45. The Morgan fingerprint density at radius 1 is 1.27 bits per heavy atom. The van der Waals surface area contributed by atoms with Gasteiger partial charge in [0, 0.05) is 31.1 Å². The van der Waals surface area contributed by atoms with Crippen molar-refractivity contribution in [2.75, 3.05) is 19.7 Å². The van der Waals surface area contributed by atoms with Crippen molar-refractivity contribution in [2.45, 2.75) is 33.2 Å². The Kier molecular flexibility index (Phi) is 4.32. The van der Waals surface area contributed by atoms with E-state index < -0.39 is 0 Å². The summed E-state index contributed by atoms with van der Waals surface area (Å²) in [6.07, 6.45) is 2.19. The first kappa shape index (κ1) is 15.3. The van der Waals surface area contributed by atoms with Crippen LogP contribution >= 0.6 is 0 Å². The topological polar surface area (TPSA) is 53.7 Å². The molecule has 118 valence electrons. The summed E-state index contributed by atoms with van der Waals surface area (Å²) < 4.78 is 5.36. The van der Waals surface area contributed by atoms with E-state index >= 15 is 0 Å². The maximum Gasteiger partial charge on any atom is 0.336 e. The molecule has 1 aliphatic rings. The number of aryl methyl sites for hydroxylation is 2. The molecule has 0 amide bonds. The quantitative estimate of drug-likeness (QED) is 0.886. The first-order chi connectivity index (χ1) is 10.6. The summed E-state index contributed by atoms with van der Waals surface area (Å²) >= 11 is 0. The summed E-state index contributed by atoms with van der Waals surface area (Å²) in [6, 6.07) is 5.67. The molecule has 0 radical (unpaired) electrons. The Labute approximate surface area is 130 Å². The Hall–Kier alpha value is -1.65. The van der Waals surface area contributed by atoms with Gasteiger partial charge in [-0.25, -0.2) is 4.79 Å². The zero-order valence-electron chi connectivity index (χ0n) is 13.3. The molecule has 0 spiro atoms. The maximum absolute atomic E-state index is 11.8. The first-order valence-corrected chi connectivity index (χ1v) is 7.94. The monoisotopic (exact) mass is 301 g/mol. The van der Waals surface area contributed by atoms with Gasteiger partial charge in [-0.15, -0.1) is 0 Å². The van der Waals surface area contributed by atoms with Crippen LogP contribution in [-0.2, 0) is 6.54 Å². The fraction of sp³-hybridized carbons (Fsp3) is 0.500. The number of hydrogen-bond donors (Lipinski definition) is 1. The Morgan fingerprint density at radius 3 is 2.82 bits per heavy atom. The highest BCUT2D eigenvalue weighted by atomic mass is 16.4. The molecule has 4 nitrogen and oxygen atoms in total. The van der Waals surface area contributed by atoms with Gasteiger partial charge in [0.05, 0.1) is 0 Å². The number of rotatable bonds is 3. The van der Waals surface area contributed by atoms with Crippen molar-refractivity contribution < 1.29 is 9.52 Å². The number of hydrogen-bond acceptors (Lipinski definition) is 4. The van der Waals surface area contributed by atoms with E-state index in [1.165, 1.54) is 5.56 Å². The van der Waals surface area contributed by atoms with Gasteiger partial charge in [-0.3, -0.25) is 4.90 Å². The molecule has 0 bridgehead atoms. The molecule has 22 heavy (non-hydrogen) atoms. The minimum Gasteiger partial charge on any atom is -0.423 e. The zero-order chi connectivity index (χ0) is 15.7. The standard InChI is InChI=1S/C18H23NO3/c1-12-6-16-15(8-18(21)22-17(16)7-13(12)2)10-19-5-3-4-14(9-19)11-20/h6-8,14,20H,3-5,9-11H2,1-2H3/t14-/m1/s1. The van der Waals surface area contributed by atoms with Crippen LogP contribution in [0.4, 0.5) is 0 Å². The third kappa shape index (κ3) is 3.08. The van der Waals surface area contributed by atoms with Gasteiger partial charge in [-0.1, -0.05) is 0 Å². The lowest BCUT2D eigenvalue weighted by molar-refractivity contribution is 0.116. The molecule has 1 atom stereocenters. The van der Waals surface area contributed by atoms with Crippen LogP contribution in [0.1, 0.15) is 29.5 Å². The van der Waals surface area contributed by atoms with Crippen LogP contribution in [0, 0.1) is 19.8 Å². The van der Waals surface area contributed by atoms with E-state index in [4.69, 9.17) is 4.42 Å². The molecule has 1 aromatic carbocycles. The highest BCUT2D eigenvalue weighted by Gasteiger charge is 2.20. The summed E-state index contributed by atoms with van der Waals surface area (Å²) in [5, 5.41) is 10.4. The van der Waals surface area contributed by atoms with E-state index in [-0.39, 0.29) is 12.2 Å². The van der Waals surface area contributed by atoms with Gasteiger partial charge in [0.25, 0.3) is 0 Å². The van der Waals surface area contributed by atoms with Crippen molar-refractivity contribution >= 4 is 11.0 Å². The lowest BCUT2D eigenvalue weighted by atomic mass is 9.97. The molecule has 0 saturated carbocycles. The lowest BCUT2D eigenvalue weighted by Gasteiger charge is -2.31. The van der Waals surface area contributed by atoms with Crippen molar-refractivity contribution in [1.82, 2.24) is 4.90 Å². The van der Waals surface area contributed by atoms with Gasteiger partial charge in [0.2, 0.25) is 0 Å². The predicted octanol–water partition coefficient (Wildman–Crippen LogP) is 2.61. The van der Waals surface area contributed by atoms with Crippen LogP contribution in [0.3, 0.4) is 0 Å². The van der Waals surface area contributed by atoms with Crippen LogP contribution in [0.15, 0.2) is 27.4 Å². The molecular formula is C18H23NO3. The normalized spacial score (nSPS) is 19.7. The average molecular weight is 301 g/mol. The summed E-state index contributed by atoms with van der Waals surface area (Å²) in [4.78, 5) is 14.2. The summed E-state index contributed by atoms with van der Waals surface area (Å²) in [5.74, 6) is 0.351. The predicted molar refractivity (Wildman–Crippen MR) is 87.0 cm³/mol. The van der Waals surface area contributed by atoms with Gasteiger partial charge >= 0.3 is 5.63 Å². The van der Waals surface area contributed by atoms with E-state index in [9.17, 15) is 9.90 Å². The smallest absolute Gasteiger partial charge is 0.336 e. The zero-order valence-corrected chi connectivity index (χ0v) is 13.3. The third-order valence-electron chi connectivity index (χ3n) is 4.70. The SMILES string of the molecule is Cc1cc2oc(=O)cc(CN3CCC[C@@H](CO)C3)c2cc1C. The van der Waals surface area contributed by atoms with Gasteiger partial charge < -0.3 is 9.52 Å². The number of aliphatic hydroxyl groups is 1. The van der Waals surface area contributed by atoms with Crippen LogP contribution in [-0.4, -0.2) is 29.7 Å². The van der Waals surface area contributed by atoms with Crippen molar-refractivity contribution in [3.8, 4) is 0 Å². The van der Waals surface area contributed by atoms with Crippen LogP contribution in [0.5, 0.6) is 0 Å². The first-order valence-electron chi connectivity index (χ1n) is 7.94. The van der Waals surface area contributed by atoms with Gasteiger partial charge in [0.15, 0.2) is 0 Å². The molecule has 0 aliphatic carbocycles. The van der Waals surface area contributed by atoms with Crippen molar-refractivity contribution in [2.24, 2.45) is 5.92 Å². The maximum atomic E-state index is 11.8. The van der Waals surface area contributed by atoms with E-state index in [1.807, 2.05) is 13.0 Å². The van der Waals surface area contributed by atoms with E-state index in [1.54, 1.807) is 6.07 Å². The summed E-state index contributed by atoms with van der Waals surface area (Å²) in [5.41, 5.74) is 3.73. The Balaban J connectivity index is 1.96.